The highest BCUT2D eigenvalue weighted by molar-refractivity contribution is 5.96. The smallest absolute Gasteiger partial charge is 0.352 e. The highest BCUT2D eigenvalue weighted by Crippen LogP contribution is 2.33. The molecule has 118 valence electrons. The minimum absolute atomic E-state index is 0.0122. The van der Waals surface area contributed by atoms with Gasteiger partial charge in [-0.3, -0.25) is 4.79 Å². The van der Waals surface area contributed by atoms with Gasteiger partial charge in [0.25, 0.3) is 11.7 Å². The van der Waals surface area contributed by atoms with Crippen molar-refractivity contribution < 1.29 is 26.9 Å². The lowest BCUT2D eigenvalue weighted by molar-refractivity contribution is -0.155. The Morgan fingerprint density at radius 2 is 2.00 bits per heavy atom. The molecule has 2 rings (SSSR count). The second-order valence-electron chi connectivity index (χ2n) is 4.57. The highest BCUT2D eigenvalue weighted by atomic mass is 19.4. The number of benzene rings is 1. The van der Waals surface area contributed by atoms with Gasteiger partial charge in [-0.1, -0.05) is 23.4 Å². The summed E-state index contributed by atoms with van der Waals surface area (Å²) in [7, 11) is 0. The lowest BCUT2D eigenvalue weighted by Gasteiger charge is -2.08. The molecule has 1 N–H and O–H groups in total. The Kier molecular flexibility index (Phi) is 4.48. The average molecular weight is 316 g/mol. The first-order chi connectivity index (χ1) is 10.3. The number of aryl methyl sites for hydroxylation is 1. The maximum absolute atomic E-state index is 13.4. The zero-order valence-electron chi connectivity index (χ0n) is 11.5. The molecule has 4 nitrogen and oxygen atoms in total. The summed E-state index contributed by atoms with van der Waals surface area (Å²) in [5.74, 6) is -2.83. The maximum Gasteiger partial charge on any atom is 0.453 e. The second kappa shape index (κ2) is 6.17. The zero-order chi connectivity index (χ0) is 16.3. The fourth-order valence-electron chi connectivity index (χ4n) is 1.93. The highest BCUT2D eigenvalue weighted by Gasteiger charge is 2.41. The number of nitrogens with zero attached hydrogens (tertiary/aromatic N) is 1. The summed E-state index contributed by atoms with van der Waals surface area (Å²) < 4.78 is 55.7. The molecule has 0 aliphatic carbocycles. The number of nitrogens with one attached hydrogen (secondary N) is 1. The second-order valence-corrected chi connectivity index (χ2v) is 4.57. The molecule has 0 unspecified atom stereocenters. The number of carbonyl (C=O) groups is 1. The molecule has 0 fully saturated rings. The van der Waals surface area contributed by atoms with E-state index < -0.39 is 29.2 Å². The van der Waals surface area contributed by atoms with Crippen LogP contribution in [0.3, 0.4) is 0 Å². The Bertz CT molecular complexity index is 680. The van der Waals surface area contributed by atoms with Gasteiger partial charge in [0.05, 0.1) is 5.69 Å². The minimum Gasteiger partial charge on any atom is -0.352 e. The van der Waals surface area contributed by atoms with E-state index in [0.717, 1.165) is 0 Å². The van der Waals surface area contributed by atoms with Gasteiger partial charge >= 0.3 is 6.18 Å². The fraction of sp³-hybridized carbons (Fsp3) is 0.286. The third kappa shape index (κ3) is 3.44. The molecule has 1 aromatic heterocycles. The van der Waals surface area contributed by atoms with Crippen molar-refractivity contribution in [3.8, 4) is 0 Å². The summed E-state index contributed by atoms with van der Waals surface area (Å²) >= 11 is 0. The largest absolute Gasteiger partial charge is 0.453 e. The van der Waals surface area contributed by atoms with Gasteiger partial charge in [-0.15, -0.1) is 0 Å². The van der Waals surface area contributed by atoms with Crippen LogP contribution in [0.1, 0.15) is 27.4 Å². The van der Waals surface area contributed by atoms with Crippen molar-refractivity contribution in [3.63, 3.8) is 0 Å². The van der Waals surface area contributed by atoms with Crippen molar-refractivity contribution in [3.05, 3.63) is 52.7 Å². The summed E-state index contributed by atoms with van der Waals surface area (Å²) in [6, 6.07) is 5.95. The molecule has 0 atom stereocenters. The van der Waals surface area contributed by atoms with Crippen LogP contribution < -0.4 is 5.32 Å². The predicted octanol–water partition coefficient (Wildman–Crippen LogP) is 3.11. The van der Waals surface area contributed by atoms with Crippen LogP contribution >= 0.6 is 0 Å². The first-order valence-corrected chi connectivity index (χ1v) is 6.35. The van der Waals surface area contributed by atoms with Crippen molar-refractivity contribution in [1.82, 2.24) is 10.5 Å². The van der Waals surface area contributed by atoms with E-state index >= 15 is 0 Å². The van der Waals surface area contributed by atoms with E-state index in [1.165, 1.54) is 25.1 Å². The van der Waals surface area contributed by atoms with Crippen molar-refractivity contribution in [2.75, 3.05) is 6.54 Å². The standard InChI is InChI=1S/C14H12F4N2O2/c1-8-11(12(22-20-8)14(16,17)18)13(21)19-7-6-9-4-2-3-5-10(9)15/h2-5H,6-7H2,1H3,(H,19,21). The van der Waals surface area contributed by atoms with E-state index in [-0.39, 0.29) is 18.7 Å². The number of amides is 1. The Morgan fingerprint density at radius 3 is 2.64 bits per heavy atom. The van der Waals surface area contributed by atoms with E-state index in [1.54, 1.807) is 6.07 Å². The summed E-state index contributed by atoms with van der Waals surface area (Å²) in [5, 5.41) is 5.48. The van der Waals surface area contributed by atoms with Gasteiger partial charge in [-0.05, 0) is 25.0 Å². The molecule has 0 aliphatic rings. The van der Waals surface area contributed by atoms with Crippen molar-refractivity contribution in [1.29, 1.82) is 0 Å². The van der Waals surface area contributed by atoms with Gasteiger partial charge in [0.2, 0.25) is 0 Å². The van der Waals surface area contributed by atoms with E-state index in [2.05, 4.69) is 15.0 Å². The van der Waals surface area contributed by atoms with E-state index in [9.17, 15) is 22.4 Å². The SMILES string of the molecule is Cc1noc(C(F)(F)F)c1C(=O)NCCc1ccccc1F. The number of rotatable bonds is 4. The van der Waals surface area contributed by atoms with Crippen LogP contribution in [0.2, 0.25) is 0 Å². The van der Waals surface area contributed by atoms with Gasteiger partial charge in [-0.25, -0.2) is 4.39 Å². The third-order valence-corrected chi connectivity index (χ3v) is 2.98. The molecule has 0 aliphatic heterocycles. The number of hydrogen-bond donors (Lipinski definition) is 1. The lowest BCUT2D eigenvalue weighted by atomic mass is 10.1. The van der Waals surface area contributed by atoms with Gasteiger partial charge in [0.15, 0.2) is 0 Å². The molecule has 0 saturated heterocycles. The zero-order valence-corrected chi connectivity index (χ0v) is 11.5. The van der Waals surface area contributed by atoms with E-state index in [1.807, 2.05) is 0 Å². The normalized spacial score (nSPS) is 11.5. The van der Waals surface area contributed by atoms with E-state index in [0.29, 0.717) is 5.56 Å². The van der Waals surface area contributed by atoms with Crippen molar-refractivity contribution >= 4 is 5.91 Å². The number of aromatic nitrogens is 1. The topological polar surface area (TPSA) is 55.1 Å². The Balaban J connectivity index is 2.05. The molecular weight excluding hydrogens is 304 g/mol. The molecule has 22 heavy (non-hydrogen) atoms. The number of hydrogen-bond acceptors (Lipinski definition) is 3. The Hall–Kier alpha value is -2.38. The molecular formula is C14H12F4N2O2. The fourth-order valence-corrected chi connectivity index (χ4v) is 1.93. The van der Waals surface area contributed by atoms with Gasteiger partial charge in [-0.2, -0.15) is 13.2 Å². The molecule has 0 spiro atoms. The van der Waals surface area contributed by atoms with Crippen LogP contribution in [-0.2, 0) is 12.6 Å². The quantitative estimate of drug-likeness (QED) is 0.882. The van der Waals surface area contributed by atoms with Gasteiger partial charge in [0, 0.05) is 6.54 Å². The number of halogens is 4. The number of carbonyl (C=O) groups excluding carboxylic acids is 1. The molecule has 0 radical (unpaired) electrons. The van der Waals surface area contributed by atoms with Crippen LogP contribution in [0.15, 0.2) is 28.8 Å². The van der Waals surface area contributed by atoms with E-state index in [4.69, 9.17) is 0 Å². The molecule has 8 heteroatoms. The molecule has 0 saturated carbocycles. The number of alkyl halides is 3. The molecule has 1 heterocycles. The molecule has 1 aromatic carbocycles. The monoisotopic (exact) mass is 316 g/mol. The maximum atomic E-state index is 13.4. The summed E-state index contributed by atoms with van der Waals surface area (Å²) in [5.41, 5.74) is -0.447. The van der Waals surface area contributed by atoms with Gasteiger partial charge in [0.1, 0.15) is 11.4 Å². The van der Waals surface area contributed by atoms with Crippen LogP contribution in [0, 0.1) is 12.7 Å². The Labute approximate surface area is 123 Å². The van der Waals surface area contributed by atoms with Crippen LogP contribution in [0.5, 0.6) is 0 Å². The summed E-state index contributed by atoms with van der Waals surface area (Å²) in [6.45, 7) is 1.23. The predicted molar refractivity (Wildman–Crippen MR) is 68.7 cm³/mol. The Morgan fingerprint density at radius 1 is 1.32 bits per heavy atom. The first kappa shape index (κ1) is 16.0. The molecule has 2 aromatic rings. The van der Waals surface area contributed by atoms with Crippen molar-refractivity contribution in [2.24, 2.45) is 0 Å². The lowest BCUT2D eigenvalue weighted by Crippen LogP contribution is -2.28. The van der Waals surface area contributed by atoms with Gasteiger partial charge < -0.3 is 9.84 Å². The first-order valence-electron chi connectivity index (χ1n) is 6.35. The molecule has 0 bridgehead atoms. The van der Waals surface area contributed by atoms with Crippen LogP contribution in [0.25, 0.3) is 0 Å². The van der Waals surface area contributed by atoms with Crippen LogP contribution in [0.4, 0.5) is 17.6 Å². The van der Waals surface area contributed by atoms with Crippen molar-refractivity contribution in [2.45, 2.75) is 19.5 Å². The van der Waals surface area contributed by atoms with Crippen LogP contribution in [-0.4, -0.2) is 17.6 Å². The summed E-state index contributed by atoms with van der Waals surface area (Å²) in [4.78, 5) is 11.9. The third-order valence-electron chi connectivity index (χ3n) is 2.98. The summed E-state index contributed by atoms with van der Waals surface area (Å²) in [6.07, 6.45) is -4.65. The minimum atomic E-state index is -4.81. The average Bonchev–Trinajstić information content (AvgIpc) is 2.83. The molecule has 1 amide bonds.